The van der Waals surface area contributed by atoms with Crippen molar-refractivity contribution in [2.75, 3.05) is 17.7 Å². The van der Waals surface area contributed by atoms with Gasteiger partial charge in [0.1, 0.15) is 5.82 Å². The van der Waals surface area contributed by atoms with E-state index in [0.717, 1.165) is 34.7 Å². The third-order valence-electron chi connectivity index (χ3n) is 5.22. The Balaban J connectivity index is 1.69. The van der Waals surface area contributed by atoms with E-state index in [-0.39, 0.29) is 24.3 Å². The van der Waals surface area contributed by atoms with Gasteiger partial charge in [0.15, 0.2) is 0 Å². The minimum atomic E-state index is -0.119. The summed E-state index contributed by atoms with van der Waals surface area (Å²) in [7, 11) is 0. The van der Waals surface area contributed by atoms with Crippen molar-refractivity contribution in [3.63, 3.8) is 0 Å². The van der Waals surface area contributed by atoms with Gasteiger partial charge in [0.05, 0.1) is 0 Å². The van der Waals surface area contributed by atoms with Crippen LogP contribution in [0.4, 0.5) is 11.5 Å². The van der Waals surface area contributed by atoms with Crippen LogP contribution in [0.3, 0.4) is 0 Å². The molecule has 4 rings (SSSR count). The predicted molar refractivity (Wildman–Crippen MR) is 106 cm³/mol. The van der Waals surface area contributed by atoms with E-state index in [2.05, 4.69) is 22.2 Å². The van der Waals surface area contributed by atoms with Crippen LogP contribution in [-0.4, -0.2) is 27.6 Å². The lowest BCUT2D eigenvalue weighted by Crippen LogP contribution is -2.16. The molecule has 27 heavy (non-hydrogen) atoms. The number of aryl methyl sites for hydroxylation is 1. The van der Waals surface area contributed by atoms with Crippen molar-refractivity contribution in [3.8, 4) is 11.1 Å². The van der Waals surface area contributed by atoms with Crippen LogP contribution < -0.4 is 11.1 Å². The second-order valence-electron chi connectivity index (χ2n) is 7.02. The molecule has 0 bridgehead atoms. The lowest BCUT2D eigenvalue weighted by molar-refractivity contribution is -0.117. The molecule has 1 amide bonds. The summed E-state index contributed by atoms with van der Waals surface area (Å²) in [6.45, 7) is 2.16. The second kappa shape index (κ2) is 6.96. The van der Waals surface area contributed by atoms with Crippen LogP contribution in [0.25, 0.3) is 21.9 Å². The minimum absolute atomic E-state index is 0.0496. The van der Waals surface area contributed by atoms with Gasteiger partial charge in [0.25, 0.3) is 0 Å². The molecule has 0 radical (unpaired) electrons. The molecule has 0 unspecified atom stereocenters. The van der Waals surface area contributed by atoms with Gasteiger partial charge in [-0.05, 0) is 59.5 Å². The van der Waals surface area contributed by atoms with Crippen molar-refractivity contribution < 1.29 is 9.90 Å². The third-order valence-corrected chi connectivity index (χ3v) is 5.22. The number of nitrogens with two attached hydrogens (primary N) is 1. The van der Waals surface area contributed by atoms with Crippen LogP contribution in [0, 0.1) is 11.8 Å². The number of hydrogen-bond donors (Lipinski definition) is 3. The number of benzene rings is 1. The zero-order valence-electron chi connectivity index (χ0n) is 15.1. The van der Waals surface area contributed by atoms with Crippen molar-refractivity contribution in [1.82, 2.24) is 9.97 Å². The summed E-state index contributed by atoms with van der Waals surface area (Å²) in [4.78, 5) is 20.8. The molecule has 0 saturated heterocycles. The Labute approximate surface area is 157 Å². The van der Waals surface area contributed by atoms with E-state index < -0.39 is 0 Å². The molecule has 6 heteroatoms. The van der Waals surface area contributed by atoms with Crippen LogP contribution in [0.2, 0.25) is 0 Å². The fourth-order valence-electron chi connectivity index (χ4n) is 3.49. The van der Waals surface area contributed by atoms with E-state index in [0.29, 0.717) is 11.5 Å². The Bertz CT molecular complexity index is 1020. The molecule has 1 aliphatic carbocycles. The second-order valence-corrected chi connectivity index (χ2v) is 7.02. The summed E-state index contributed by atoms with van der Waals surface area (Å²) in [5, 5.41) is 13.7. The van der Waals surface area contributed by atoms with Gasteiger partial charge in [-0.2, -0.15) is 0 Å². The highest BCUT2D eigenvalue weighted by Gasteiger charge is 2.42. The Morgan fingerprint density at radius 3 is 2.93 bits per heavy atom. The highest BCUT2D eigenvalue weighted by molar-refractivity contribution is 6.00. The first kappa shape index (κ1) is 17.4. The quantitative estimate of drug-likeness (QED) is 0.606. The van der Waals surface area contributed by atoms with Gasteiger partial charge >= 0.3 is 0 Å². The summed E-state index contributed by atoms with van der Waals surface area (Å²) in [5.41, 5.74) is 10.2. The lowest BCUT2D eigenvalue weighted by Gasteiger charge is -2.11. The summed E-state index contributed by atoms with van der Waals surface area (Å²) < 4.78 is 0. The molecule has 6 nitrogen and oxygen atoms in total. The maximum atomic E-state index is 12.2. The number of aliphatic hydroxyl groups excluding tert-OH is 1. The Hall–Kier alpha value is -2.99. The number of rotatable bonds is 5. The normalized spacial score (nSPS) is 18.4. The number of amides is 1. The molecule has 1 aromatic carbocycles. The van der Waals surface area contributed by atoms with Crippen LogP contribution in [-0.2, 0) is 11.2 Å². The van der Waals surface area contributed by atoms with Gasteiger partial charge in [-0.1, -0.05) is 6.92 Å². The molecule has 138 valence electrons. The van der Waals surface area contributed by atoms with Crippen LogP contribution in [0.15, 0.2) is 42.9 Å². The maximum Gasteiger partial charge on any atom is 0.229 e. The number of fused-ring (bicyclic) bond motifs is 1. The van der Waals surface area contributed by atoms with Crippen LogP contribution >= 0.6 is 0 Å². The number of pyridine rings is 2. The molecule has 2 heterocycles. The molecule has 1 aliphatic rings. The fraction of sp³-hybridized carbons (Fsp3) is 0.286. The number of carbonyl (C=O) groups excluding carboxylic acids is 1. The average molecular weight is 362 g/mol. The minimum Gasteiger partial charge on any atom is -0.398 e. The van der Waals surface area contributed by atoms with Gasteiger partial charge in [-0.15, -0.1) is 0 Å². The highest BCUT2D eigenvalue weighted by Crippen LogP contribution is 2.39. The highest BCUT2D eigenvalue weighted by atomic mass is 16.3. The number of anilines is 2. The molecule has 3 aromatic rings. The van der Waals surface area contributed by atoms with Crippen molar-refractivity contribution >= 4 is 28.2 Å². The van der Waals surface area contributed by atoms with E-state index >= 15 is 0 Å². The number of nitrogen functional groups attached to an aromatic ring is 1. The number of nitrogens with one attached hydrogen (secondary N) is 1. The first-order chi connectivity index (χ1) is 13.1. The summed E-state index contributed by atoms with van der Waals surface area (Å²) in [6, 6.07) is 7.84. The number of aliphatic hydroxyl groups is 1. The monoisotopic (exact) mass is 362 g/mol. The molecule has 0 spiro atoms. The van der Waals surface area contributed by atoms with Crippen LogP contribution in [0.1, 0.15) is 18.9 Å². The van der Waals surface area contributed by atoms with E-state index in [9.17, 15) is 4.79 Å². The van der Waals surface area contributed by atoms with Gasteiger partial charge in [-0.25, -0.2) is 4.98 Å². The third kappa shape index (κ3) is 3.36. The van der Waals surface area contributed by atoms with E-state index in [4.69, 9.17) is 10.8 Å². The van der Waals surface area contributed by atoms with Crippen molar-refractivity contribution in [2.24, 2.45) is 11.8 Å². The molecular weight excluding hydrogens is 340 g/mol. The SMILES string of the molecule is CCc1ccncc1-c1cc(N)c2cnc(NC(=O)[C@@H]3C[C@H]3CO)cc2c1. The van der Waals surface area contributed by atoms with E-state index in [1.54, 1.807) is 12.4 Å². The fourth-order valence-corrected chi connectivity index (χ4v) is 3.49. The molecule has 4 N–H and O–H groups in total. The molecule has 2 atom stereocenters. The van der Waals surface area contributed by atoms with Crippen molar-refractivity contribution in [2.45, 2.75) is 19.8 Å². The first-order valence-corrected chi connectivity index (χ1v) is 9.15. The largest absolute Gasteiger partial charge is 0.398 e. The molecular formula is C21H22N4O2. The average Bonchev–Trinajstić information content (AvgIpc) is 3.47. The Morgan fingerprint density at radius 2 is 2.19 bits per heavy atom. The number of carbonyl (C=O) groups is 1. The zero-order valence-corrected chi connectivity index (χ0v) is 15.1. The van der Waals surface area contributed by atoms with Gasteiger partial charge in [0, 0.05) is 47.8 Å². The Morgan fingerprint density at radius 1 is 1.33 bits per heavy atom. The van der Waals surface area contributed by atoms with Gasteiger partial charge < -0.3 is 16.2 Å². The van der Waals surface area contributed by atoms with Crippen molar-refractivity contribution in [1.29, 1.82) is 0 Å². The first-order valence-electron chi connectivity index (χ1n) is 9.15. The standard InChI is InChI=1S/C21H22N4O2/c1-2-12-3-4-23-9-17(12)13-5-14-8-20(24-10-18(14)19(22)7-13)25-21(27)16-6-15(16)11-26/h3-5,7-10,15-16,26H,2,6,11,22H2,1H3,(H,24,25,27)/t15-,16+/m0/s1. The van der Waals surface area contributed by atoms with E-state index in [1.165, 1.54) is 5.56 Å². The molecule has 1 fully saturated rings. The van der Waals surface area contributed by atoms with Crippen LogP contribution in [0.5, 0.6) is 0 Å². The summed E-state index contributed by atoms with van der Waals surface area (Å²) >= 11 is 0. The van der Waals surface area contributed by atoms with Gasteiger partial charge in [0.2, 0.25) is 5.91 Å². The number of aromatic nitrogens is 2. The molecule has 2 aromatic heterocycles. The zero-order chi connectivity index (χ0) is 19.0. The van der Waals surface area contributed by atoms with Gasteiger partial charge in [-0.3, -0.25) is 9.78 Å². The summed E-state index contributed by atoms with van der Waals surface area (Å²) in [6.07, 6.45) is 6.96. The molecule has 1 saturated carbocycles. The number of nitrogens with zero attached hydrogens (tertiary/aromatic N) is 2. The summed E-state index contributed by atoms with van der Waals surface area (Å²) in [5.74, 6) is 0.359. The molecule has 0 aliphatic heterocycles. The predicted octanol–water partition coefficient (Wildman–Crippen LogP) is 3.01. The lowest BCUT2D eigenvalue weighted by atomic mass is 9.97. The maximum absolute atomic E-state index is 12.2. The van der Waals surface area contributed by atoms with Crippen molar-refractivity contribution in [3.05, 3.63) is 48.4 Å². The number of hydrogen-bond acceptors (Lipinski definition) is 5. The smallest absolute Gasteiger partial charge is 0.229 e. The topological polar surface area (TPSA) is 101 Å². The Kier molecular flexibility index (Phi) is 4.49. The van der Waals surface area contributed by atoms with E-state index in [1.807, 2.05) is 30.5 Å².